The van der Waals surface area contributed by atoms with Gasteiger partial charge in [-0.2, -0.15) is 0 Å². The molecule has 2 heteroatoms. The molecule has 0 N–H and O–H groups in total. The summed E-state index contributed by atoms with van der Waals surface area (Å²) >= 11 is 0. The Morgan fingerprint density at radius 1 is 0.944 bits per heavy atom. The van der Waals surface area contributed by atoms with Gasteiger partial charge >= 0.3 is 0 Å². The minimum absolute atomic E-state index is 0.233. The highest BCUT2D eigenvalue weighted by molar-refractivity contribution is 5.83. The van der Waals surface area contributed by atoms with Crippen molar-refractivity contribution in [3.05, 3.63) is 66.0 Å². The van der Waals surface area contributed by atoms with Crippen LogP contribution < -0.4 is 0 Å². The first-order chi connectivity index (χ1) is 8.75. The van der Waals surface area contributed by atoms with Crippen molar-refractivity contribution < 1.29 is 4.39 Å². The molecule has 3 rings (SSSR count). The molecule has 18 heavy (non-hydrogen) atoms. The predicted molar refractivity (Wildman–Crippen MR) is 71.9 cm³/mol. The third kappa shape index (κ3) is 1.76. The number of pyridine rings is 1. The summed E-state index contributed by atoms with van der Waals surface area (Å²) in [6.07, 6.45) is 0. The summed E-state index contributed by atoms with van der Waals surface area (Å²) < 4.78 is 13.8. The summed E-state index contributed by atoms with van der Waals surface area (Å²) in [7, 11) is 0. The van der Waals surface area contributed by atoms with Crippen LogP contribution in [0.25, 0.3) is 22.2 Å². The van der Waals surface area contributed by atoms with Gasteiger partial charge in [0.05, 0.1) is 11.2 Å². The van der Waals surface area contributed by atoms with E-state index in [0.717, 1.165) is 16.5 Å². The molecule has 0 radical (unpaired) electrons. The lowest BCUT2D eigenvalue weighted by Crippen LogP contribution is -1.92. The van der Waals surface area contributed by atoms with Crippen LogP contribution in [0.3, 0.4) is 0 Å². The maximum absolute atomic E-state index is 13.8. The van der Waals surface area contributed by atoms with E-state index in [1.165, 1.54) is 6.07 Å². The molecule has 0 bridgehead atoms. The largest absolute Gasteiger partial charge is 0.247 e. The van der Waals surface area contributed by atoms with Crippen molar-refractivity contribution in [3.8, 4) is 11.3 Å². The van der Waals surface area contributed by atoms with E-state index in [2.05, 4.69) is 4.98 Å². The summed E-state index contributed by atoms with van der Waals surface area (Å²) in [5.41, 5.74) is 3.15. The third-order valence-corrected chi connectivity index (χ3v) is 3.04. The maximum atomic E-state index is 13.8. The van der Waals surface area contributed by atoms with E-state index in [1.807, 2.05) is 43.3 Å². The lowest BCUT2D eigenvalue weighted by atomic mass is 10.0. The topological polar surface area (TPSA) is 12.9 Å². The van der Waals surface area contributed by atoms with Crippen LogP contribution in [-0.2, 0) is 0 Å². The van der Waals surface area contributed by atoms with Crippen molar-refractivity contribution >= 4 is 10.9 Å². The predicted octanol–water partition coefficient (Wildman–Crippen LogP) is 4.35. The van der Waals surface area contributed by atoms with Gasteiger partial charge in [-0.3, -0.25) is 0 Å². The fourth-order valence-electron chi connectivity index (χ4n) is 2.15. The smallest absolute Gasteiger partial charge is 0.132 e. The van der Waals surface area contributed by atoms with Crippen molar-refractivity contribution in [1.29, 1.82) is 0 Å². The Kier molecular flexibility index (Phi) is 2.56. The molecular weight excluding hydrogens is 225 g/mol. The zero-order chi connectivity index (χ0) is 12.5. The van der Waals surface area contributed by atoms with Crippen molar-refractivity contribution in [3.63, 3.8) is 0 Å². The Balaban J connectivity index is 2.30. The highest BCUT2D eigenvalue weighted by Gasteiger charge is 2.09. The second kappa shape index (κ2) is 4.22. The first-order valence-electron chi connectivity index (χ1n) is 5.87. The number of para-hydroxylation sites is 1. The first-order valence-corrected chi connectivity index (χ1v) is 5.87. The Morgan fingerprint density at radius 2 is 1.67 bits per heavy atom. The molecule has 0 saturated heterocycles. The van der Waals surface area contributed by atoms with Crippen molar-refractivity contribution in [2.24, 2.45) is 0 Å². The number of aryl methyl sites for hydroxylation is 1. The summed E-state index contributed by atoms with van der Waals surface area (Å²) in [5, 5.41) is 1.08. The van der Waals surface area contributed by atoms with Gasteiger partial charge in [0.25, 0.3) is 0 Å². The number of fused-ring (bicyclic) bond motifs is 1. The molecule has 0 amide bonds. The number of halogens is 1. The molecule has 0 fully saturated rings. The van der Waals surface area contributed by atoms with Gasteiger partial charge in [-0.05, 0) is 36.8 Å². The average molecular weight is 237 g/mol. The molecule has 0 unspecified atom stereocenters. The molecule has 2 aromatic carbocycles. The van der Waals surface area contributed by atoms with Crippen LogP contribution in [0.1, 0.15) is 5.56 Å². The van der Waals surface area contributed by atoms with Crippen LogP contribution in [0.15, 0.2) is 54.6 Å². The van der Waals surface area contributed by atoms with E-state index in [1.54, 1.807) is 12.1 Å². The monoisotopic (exact) mass is 237 g/mol. The molecule has 1 heterocycles. The second-order valence-electron chi connectivity index (χ2n) is 4.33. The van der Waals surface area contributed by atoms with Gasteiger partial charge in [0.1, 0.15) is 5.82 Å². The van der Waals surface area contributed by atoms with Crippen molar-refractivity contribution in [1.82, 2.24) is 4.98 Å². The average Bonchev–Trinajstić information content (AvgIpc) is 2.39. The highest BCUT2D eigenvalue weighted by Crippen LogP contribution is 2.26. The van der Waals surface area contributed by atoms with Gasteiger partial charge in [0.15, 0.2) is 0 Å². The number of aromatic nitrogens is 1. The summed E-state index contributed by atoms with van der Waals surface area (Å²) in [4.78, 5) is 4.57. The lowest BCUT2D eigenvalue weighted by molar-refractivity contribution is 0.630. The highest BCUT2D eigenvalue weighted by atomic mass is 19.1. The Morgan fingerprint density at radius 3 is 2.50 bits per heavy atom. The Labute approximate surface area is 105 Å². The van der Waals surface area contributed by atoms with E-state index < -0.39 is 0 Å². The van der Waals surface area contributed by atoms with Crippen LogP contribution in [-0.4, -0.2) is 4.98 Å². The number of benzene rings is 2. The Bertz CT molecular complexity index is 719. The quantitative estimate of drug-likeness (QED) is 0.613. The molecule has 88 valence electrons. The fraction of sp³-hybridized carbons (Fsp3) is 0.0625. The minimum Gasteiger partial charge on any atom is -0.247 e. The minimum atomic E-state index is -0.233. The molecule has 1 aromatic heterocycles. The van der Waals surface area contributed by atoms with E-state index in [9.17, 15) is 4.39 Å². The van der Waals surface area contributed by atoms with Crippen LogP contribution in [0, 0.1) is 12.7 Å². The number of nitrogens with zero attached hydrogens (tertiary/aromatic N) is 1. The van der Waals surface area contributed by atoms with Crippen LogP contribution in [0.4, 0.5) is 4.39 Å². The molecule has 0 atom stereocenters. The van der Waals surface area contributed by atoms with Crippen LogP contribution >= 0.6 is 0 Å². The summed E-state index contributed by atoms with van der Waals surface area (Å²) in [5.74, 6) is -0.233. The molecular formula is C16H12FN. The van der Waals surface area contributed by atoms with Gasteiger partial charge in [0, 0.05) is 10.9 Å². The van der Waals surface area contributed by atoms with E-state index in [4.69, 9.17) is 0 Å². The molecule has 1 nitrogen and oxygen atoms in total. The maximum Gasteiger partial charge on any atom is 0.132 e. The normalized spacial score (nSPS) is 10.8. The van der Waals surface area contributed by atoms with Crippen LogP contribution in [0.2, 0.25) is 0 Å². The first kappa shape index (κ1) is 10.9. The number of hydrogen-bond acceptors (Lipinski definition) is 1. The summed E-state index contributed by atoms with van der Waals surface area (Å²) in [6, 6.07) is 16.7. The zero-order valence-electron chi connectivity index (χ0n) is 10.0. The van der Waals surface area contributed by atoms with E-state index in [0.29, 0.717) is 11.3 Å². The zero-order valence-corrected chi connectivity index (χ0v) is 10.0. The third-order valence-electron chi connectivity index (χ3n) is 3.04. The van der Waals surface area contributed by atoms with Gasteiger partial charge in [-0.15, -0.1) is 0 Å². The lowest BCUT2D eigenvalue weighted by Gasteiger charge is -2.08. The van der Waals surface area contributed by atoms with Crippen molar-refractivity contribution in [2.75, 3.05) is 0 Å². The number of hydrogen-bond donors (Lipinski definition) is 0. The second-order valence-corrected chi connectivity index (χ2v) is 4.33. The molecule has 0 aliphatic carbocycles. The molecule has 0 spiro atoms. The standard InChI is InChI=1S/C16H12FN/c1-11-10-12-6-2-5-9-15(12)18-16(11)13-7-3-4-8-14(13)17/h2-10H,1H3. The SMILES string of the molecule is Cc1cc2ccccc2nc1-c1ccccc1F. The molecule has 0 aliphatic rings. The van der Waals surface area contributed by atoms with E-state index >= 15 is 0 Å². The van der Waals surface area contributed by atoms with E-state index in [-0.39, 0.29) is 5.82 Å². The van der Waals surface area contributed by atoms with Crippen LogP contribution in [0.5, 0.6) is 0 Å². The van der Waals surface area contributed by atoms with Gasteiger partial charge in [-0.25, -0.2) is 9.37 Å². The van der Waals surface area contributed by atoms with Gasteiger partial charge in [-0.1, -0.05) is 30.3 Å². The van der Waals surface area contributed by atoms with Gasteiger partial charge in [0.2, 0.25) is 0 Å². The number of rotatable bonds is 1. The fourth-order valence-corrected chi connectivity index (χ4v) is 2.15. The molecule has 0 aliphatic heterocycles. The van der Waals surface area contributed by atoms with Crippen molar-refractivity contribution in [2.45, 2.75) is 6.92 Å². The Hall–Kier alpha value is -2.22. The van der Waals surface area contributed by atoms with Gasteiger partial charge < -0.3 is 0 Å². The summed E-state index contributed by atoms with van der Waals surface area (Å²) in [6.45, 7) is 1.96. The molecule has 3 aromatic rings. The molecule has 0 saturated carbocycles.